The quantitative estimate of drug-likeness (QED) is 0.752. The number of carbonyl (C=O) groups excluding carboxylic acids is 2. The van der Waals surface area contributed by atoms with Crippen molar-refractivity contribution in [3.63, 3.8) is 0 Å². The van der Waals surface area contributed by atoms with E-state index in [1.165, 1.54) is 22.4 Å². The number of anilines is 1. The number of piperidine rings is 1. The lowest BCUT2D eigenvalue weighted by atomic mass is 9.82. The predicted octanol–water partition coefficient (Wildman–Crippen LogP) is 2.83. The minimum absolute atomic E-state index is 0.0238. The number of carbonyl (C=O) groups is 2. The fraction of sp³-hybridized carbons (Fsp3) is 0.333. The maximum absolute atomic E-state index is 13.4. The first-order valence-electron chi connectivity index (χ1n) is 11.6. The average Bonchev–Trinajstić information content (AvgIpc) is 3.29. The molecule has 0 spiro atoms. The van der Waals surface area contributed by atoms with Crippen LogP contribution in [0.3, 0.4) is 0 Å². The molecule has 3 N–H and O–H groups in total. The van der Waals surface area contributed by atoms with E-state index in [4.69, 9.17) is 5.73 Å². The molecule has 2 amide bonds. The Balaban J connectivity index is 1.24. The lowest BCUT2D eigenvalue weighted by molar-refractivity contribution is -0.142. The number of nitrogens with zero attached hydrogens (tertiary/aromatic N) is 2. The SMILES string of the molecule is NC(=O)CC1(O)C(=O)N(C2CCN(C3=C4C=CC=C5C=CC=C(C3)C54)CC2)c2ccccc21. The summed E-state index contributed by atoms with van der Waals surface area (Å²) in [5, 5.41) is 11.2. The average molecular weight is 442 g/mol. The second kappa shape index (κ2) is 7.32. The van der Waals surface area contributed by atoms with Gasteiger partial charge >= 0.3 is 0 Å². The van der Waals surface area contributed by atoms with Crippen molar-refractivity contribution < 1.29 is 14.7 Å². The monoisotopic (exact) mass is 441 g/mol. The lowest BCUT2D eigenvalue weighted by Gasteiger charge is -2.39. The van der Waals surface area contributed by atoms with Crippen LogP contribution in [0.4, 0.5) is 5.69 Å². The molecule has 2 unspecified atom stereocenters. The van der Waals surface area contributed by atoms with E-state index in [1.54, 1.807) is 17.0 Å². The molecule has 1 saturated heterocycles. The first kappa shape index (κ1) is 20.2. The normalized spacial score (nSPS) is 28.2. The number of likely N-dealkylation sites (tertiary alicyclic amines) is 1. The van der Waals surface area contributed by atoms with Crippen molar-refractivity contribution >= 4 is 17.5 Å². The van der Waals surface area contributed by atoms with Crippen LogP contribution in [-0.2, 0) is 15.2 Å². The molecular weight excluding hydrogens is 414 g/mol. The van der Waals surface area contributed by atoms with Gasteiger partial charge in [-0.2, -0.15) is 0 Å². The number of rotatable bonds is 4. The van der Waals surface area contributed by atoms with E-state index in [9.17, 15) is 14.7 Å². The van der Waals surface area contributed by atoms with Crippen LogP contribution in [0.2, 0.25) is 0 Å². The fourth-order valence-corrected chi connectivity index (χ4v) is 6.23. The topological polar surface area (TPSA) is 86.9 Å². The van der Waals surface area contributed by atoms with Crippen LogP contribution in [0.15, 0.2) is 83.1 Å². The smallest absolute Gasteiger partial charge is 0.264 e. The Morgan fingerprint density at radius 2 is 1.88 bits per heavy atom. The highest BCUT2D eigenvalue weighted by Gasteiger charge is 2.52. The van der Waals surface area contributed by atoms with Crippen molar-refractivity contribution in [1.29, 1.82) is 0 Å². The van der Waals surface area contributed by atoms with Gasteiger partial charge in [-0.15, -0.1) is 0 Å². The Hall–Kier alpha value is -3.38. The second-order valence-electron chi connectivity index (χ2n) is 9.55. The van der Waals surface area contributed by atoms with E-state index in [0.29, 0.717) is 17.2 Å². The molecule has 2 aliphatic heterocycles. The second-order valence-corrected chi connectivity index (χ2v) is 9.55. The number of hydrogen-bond acceptors (Lipinski definition) is 4. The first-order valence-corrected chi connectivity index (χ1v) is 11.6. The molecule has 1 aromatic carbocycles. The van der Waals surface area contributed by atoms with Gasteiger partial charge in [-0.05, 0) is 30.1 Å². The molecule has 33 heavy (non-hydrogen) atoms. The van der Waals surface area contributed by atoms with Crippen molar-refractivity contribution in [3.05, 3.63) is 88.7 Å². The molecule has 6 nitrogen and oxygen atoms in total. The third kappa shape index (κ3) is 2.97. The van der Waals surface area contributed by atoms with Gasteiger partial charge in [0.1, 0.15) is 0 Å². The fourth-order valence-electron chi connectivity index (χ4n) is 6.23. The maximum Gasteiger partial charge on any atom is 0.264 e. The Labute approximate surface area is 193 Å². The third-order valence-electron chi connectivity index (χ3n) is 7.71. The molecule has 0 saturated carbocycles. The maximum atomic E-state index is 13.4. The van der Waals surface area contributed by atoms with Crippen molar-refractivity contribution in [1.82, 2.24) is 4.90 Å². The molecule has 6 heteroatoms. The van der Waals surface area contributed by atoms with Crippen molar-refractivity contribution in [2.24, 2.45) is 11.7 Å². The van der Waals surface area contributed by atoms with Crippen LogP contribution >= 0.6 is 0 Å². The molecule has 2 atom stereocenters. The number of allylic oxidation sites excluding steroid dienone is 9. The number of aliphatic hydroxyl groups is 1. The van der Waals surface area contributed by atoms with E-state index in [1.807, 2.05) is 12.1 Å². The highest BCUT2D eigenvalue weighted by Crippen LogP contribution is 2.48. The van der Waals surface area contributed by atoms with Crippen LogP contribution < -0.4 is 10.6 Å². The van der Waals surface area contributed by atoms with Gasteiger partial charge in [0.2, 0.25) is 5.91 Å². The number of nitrogens with two attached hydrogens (primary N) is 1. The summed E-state index contributed by atoms with van der Waals surface area (Å²) in [6.45, 7) is 1.70. The third-order valence-corrected chi connectivity index (χ3v) is 7.71. The van der Waals surface area contributed by atoms with E-state index in [-0.39, 0.29) is 6.04 Å². The summed E-state index contributed by atoms with van der Waals surface area (Å²) in [5.74, 6) is -0.731. The zero-order valence-corrected chi connectivity index (χ0v) is 18.4. The van der Waals surface area contributed by atoms with Crippen molar-refractivity contribution in [3.8, 4) is 0 Å². The zero-order valence-electron chi connectivity index (χ0n) is 18.4. The van der Waals surface area contributed by atoms with E-state index in [0.717, 1.165) is 32.4 Å². The van der Waals surface area contributed by atoms with Crippen LogP contribution in [-0.4, -0.2) is 41.0 Å². The summed E-state index contributed by atoms with van der Waals surface area (Å²) in [6.07, 6.45) is 15.4. The first-order chi connectivity index (χ1) is 16.0. The molecule has 0 bridgehead atoms. The predicted molar refractivity (Wildman–Crippen MR) is 126 cm³/mol. The Bertz CT molecular complexity index is 1210. The molecule has 0 aromatic heterocycles. The van der Waals surface area contributed by atoms with E-state index >= 15 is 0 Å². The van der Waals surface area contributed by atoms with E-state index in [2.05, 4.69) is 41.4 Å². The van der Waals surface area contributed by atoms with Gasteiger partial charge in [0, 0.05) is 42.7 Å². The molecule has 0 radical (unpaired) electrons. The number of fused-ring (bicyclic) bond motifs is 1. The molecule has 5 aliphatic rings. The minimum atomic E-state index is -1.87. The summed E-state index contributed by atoms with van der Waals surface area (Å²) in [6, 6.07) is 7.19. The molecular formula is C27H27N3O3. The molecule has 6 rings (SSSR count). The van der Waals surface area contributed by atoms with E-state index < -0.39 is 23.8 Å². The van der Waals surface area contributed by atoms with Gasteiger partial charge in [0.15, 0.2) is 5.60 Å². The molecule has 3 aliphatic carbocycles. The minimum Gasteiger partial charge on any atom is -0.375 e. The van der Waals surface area contributed by atoms with Crippen LogP contribution in [0.1, 0.15) is 31.2 Å². The lowest BCUT2D eigenvalue weighted by Crippen LogP contribution is -2.50. The highest BCUT2D eigenvalue weighted by atomic mass is 16.3. The molecule has 1 aromatic rings. The van der Waals surface area contributed by atoms with Gasteiger partial charge in [-0.3, -0.25) is 9.59 Å². The highest BCUT2D eigenvalue weighted by molar-refractivity contribution is 6.09. The number of amides is 2. The standard InChI is InChI=1S/C27H27N3O3/c28-24(31)16-27(33)21-9-1-2-10-22(21)30(26(27)32)19-11-13-29(14-12-19)23-15-18-7-3-5-17-6-4-8-20(23)25(17)18/h1-10,19,25,33H,11-16H2,(H2,28,31). The zero-order chi connectivity index (χ0) is 22.7. The molecule has 2 heterocycles. The van der Waals surface area contributed by atoms with Crippen molar-refractivity contribution in [2.45, 2.75) is 37.3 Å². The van der Waals surface area contributed by atoms with Crippen LogP contribution in [0, 0.1) is 5.92 Å². The Morgan fingerprint density at radius 3 is 2.67 bits per heavy atom. The Kier molecular flexibility index (Phi) is 4.49. The Morgan fingerprint density at radius 1 is 1.12 bits per heavy atom. The number of para-hydroxylation sites is 1. The van der Waals surface area contributed by atoms with Gasteiger partial charge in [-0.25, -0.2) is 0 Å². The van der Waals surface area contributed by atoms with Gasteiger partial charge in [0.25, 0.3) is 5.91 Å². The number of primary amides is 1. The van der Waals surface area contributed by atoms with Gasteiger partial charge in [0.05, 0.1) is 12.1 Å². The van der Waals surface area contributed by atoms with Crippen molar-refractivity contribution in [2.75, 3.05) is 18.0 Å². The van der Waals surface area contributed by atoms with Crippen LogP contribution in [0.5, 0.6) is 0 Å². The summed E-state index contributed by atoms with van der Waals surface area (Å²) in [7, 11) is 0. The largest absolute Gasteiger partial charge is 0.375 e. The van der Waals surface area contributed by atoms with Crippen LogP contribution in [0.25, 0.3) is 0 Å². The molecule has 1 fully saturated rings. The number of benzene rings is 1. The van der Waals surface area contributed by atoms with Gasteiger partial charge in [-0.1, -0.05) is 60.2 Å². The summed E-state index contributed by atoms with van der Waals surface area (Å²) in [4.78, 5) is 29.2. The summed E-state index contributed by atoms with van der Waals surface area (Å²) < 4.78 is 0. The van der Waals surface area contributed by atoms with Gasteiger partial charge < -0.3 is 20.6 Å². The molecule has 168 valence electrons. The summed E-state index contributed by atoms with van der Waals surface area (Å²) >= 11 is 0. The number of hydrogen-bond donors (Lipinski definition) is 2. The summed E-state index contributed by atoms with van der Waals surface area (Å²) in [5.41, 5.74) is 10.3.